The third-order valence-electron chi connectivity index (χ3n) is 2.66. The molecule has 15 heavy (non-hydrogen) atoms. The first kappa shape index (κ1) is 12.4. The highest BCUT2D eigenvalue weighted by molar-refractivity contribution is 7.89. The van der Waals surface area contributed by atoms with Gasteiger partial charge in [-0.05, 0) is 19.8 Å². The molecule has 0 spiro atoms. The molecule has 1 saturated heterocycles. The van der Waals surface area contributed by atoms with Crippen molar-refractivity contribution in [3.05, 3.63) is 0 Å². The van der Waals surface area contributed by atoms with Gasteiger partial charge < -0.3 is 4.90 Å². The molecule has 1 amide bonds. The number of amides is 1. The molecule has 1 heterocycles. The smallest absolute Gasteiger partial charge is 0.237 e. The van der Waals surface area contributed by atoms with Gasteiger partial charge in [-0.1, -0.05) is 0 Å². The molecule has 0 aromatic rings. The number of likely N-dealkylation sites (tertiary alicyclic amines) is 1. The predicted octanol–water partition coefficient (Wildman–Crippen LogP) is -0.110. The lowest BCUT2D eigenvalue weighted by Crippen LogP contribution is -2.40. The Morgan fingerprint density at radius 1 is 1.33 bits per heavy atom. The van der Waals surface area contributed by atoms with Crippen molar-refractivity contribution in [1.82, 2.24) is 9.21 Å². The van der Waals surface area contributed by atoms with E-state index in [4.69, 9.17) is 0 Å². The van der Waals surface area contributed by atoms with Gasteiger partial charge in [-0.3, -0.25) is 4.79 Å². The molecule has 1 fully saturated rings. The summed E-state index contributed by atoms with van der Waals surface area (Å²) < 4.78 is 23.9. The lowest BCUT2D eigenvalue weighted by Gasteiger charge is -2.20. The van der Waals surface area contributed by atoms with Gasteiger partial charge in [0, 0.05) is 20.1 Å². The average Bonchev–Trinajstić information content (AvgIpc) is 2.70. The van der Waals surface area contributed by atoms with Crippen molar-refractivity contribution in [2.45, 2.75) is 19.8 Å². The standard InChI is InChI=1S/C9H18N2O3S/c1-3-15(13,14)10(2)8-9(12)11-6-4-5-7-11/h3-8H2,1-2H3. The summed E-state index contributed by atoms with van der Waals surface area (Å²) in [6.45, 7) is 3.07. The minimum absolute atomic E-state index is 0.0316. The van der Waals surface area contributed by atoms with Crippen LogP contribution in [0.4, 0.5) is 0 Å². The summed E-state index contributed by atoms with van der Waals surface area (Å²) in [4.78, 5) is 13.4. The summed E-state index contributed by atoms with van der Waals surface area (Å²) in [5.74, 6) is -0.0522. The second-order valence-electron chi connectivity index (χ2n) is 3.74. The highest BCUT2D eigenvalue weighted by atomic mass is 32.2. The van der Waals surface area contributed by atoms with Crippen LogP contribution in [0.2, 0.25) is 0 Å². The summed E-state index contributed by atoms with van der Waals surface area (Å²) in [7, 11) is -1.79. The lowest BCUT2D eigenvalue weighted by molar-refractivity contribution is -0.130. The Labute approximate surface area is 91.1 Å². The Kier molecular flexibility index (Phi) is 4.10. The molecule has 0 unspecified atom stereocenters. The number of rotatable bonds is 4. The highest BCUT2D eigenvalue weighted by Crippen LogP contribution is 2.08. The van der Waals surface area contributed by atoms with Gasteiger partial charge in [-0.2, -0.15) is 4.31 Å². The monoisotopic (exact) mass is 234 g/mol. The van der Waals surface area contributed by atoms with Gasteiger partial charge in [0.15, 0.2) is 0 Å². The van der Waals surface area contributed by atoms with E-state index >= 15 is 0 Å². The highest BCUT2D eigenvalue weighted by Gasteiger charge is 2.23. The molecule has 0 radical (unpaired) electrons. The molecule has 1 aliphatic heterocycles. The first-order chi connectivity index (χ1) is 6.97. The zero-order valence-corrected chi connectivity index (χ0v) is 10.1. The Bertz CT molecular complexity index is 320. The molecule has 0 aliphatic carbocycles. The normalized spacial score (nSPS) is 17.4. The molecule has 6 heteroatoms. The SMILES string of the molecule is CCS(=O)(=O)N(C)CC(=O)N1CCCC1. The third-order valence-corrected chi connectivity index (χ3v) is 4.46. The molecule has 5 nitrogen and oxygen atoms in total. The minimum Gasteiger partial charge on any atom is -0.342 e. The number of carbonyl (C=O) groups excluding carboxylic acids is 1. The quantitative estimate of drug-likeness (QED) is 0.682. The molecule has 0 aromatic carbocycles. The van der Waals surface area contributed by atoms with Crippen LogP contribution in [0.25, 0.3) is 0 Å². The molecule has 0 N–H and O–H groups in total. The van der Waals surface area contributed by atoms with Gasteiger partial charge in [-0.25, -0.2) is 8.42 Å². The first-order valence-corrected chi connectivity index (χ1v) is 6.80. The van der Waals surface area contributed by atoms with Gasteiger partial charge in [0.05, 0.1) is 12.3 Å². The second-order valence-corrected chi connectivity index (χ2v) is 6.11. The van der Waals surface area contributed by atoms with Crippen LogP contribution >= 0.6 is 0 Å². The van der Waals surface area contributed by atoms with E-state index in [0.717, 1.165) is 30.2 Å². The van der Waals surface area contributed by atoms with Crippen LogP contribution in [-0.2, 0) is 14.8 Å². The van der Waals surface area contributed by atoms with Crippen LogP contribution in [0.3, 0.4) is 0 Å². The molecule has 88 valence electrons. The molecule has 1 aliphatic rings. The van der Waals surface area contributed by atoms with E-state index in [0.29, 0.717) is 0 Å². The largest absolute Gasteiger partial charge is 0.342 e. The van der Waals surface area contributed by atoms with Crippen LogP contribution in [0.5, 0.6) is 0 Å². The van der Waals surface area contributed by atoms with Crippen LogP contribution in [-0.4, -0.2) is 56.0 Å². The van der Waals surface area contributed by atoms with Gasteiger partial charge in [0.25, 0.3) is 0 Å². The van der Waals surface area contributed by atoms with Crippen molar-refractivity contribution in [3.8, 4) is 0 Å². The fourth-order valence-electron chi connectivity index (χ4n) is 1.58. The second kappa shape index (κ2) is 4.94. The van der Waals surface area contributed by atoms with Gasteiger partial charge >= 0.3 is 0 Å². The van der Waals surface area contributed by atoms with E-state index in [-0.39, 0.29) is 18.2 Å². The number of hydrogen-bond donors (Lipinski definition) is 0. The summed E-state index contributed by atoms with van der Waals surface area (Å²) in [6, 6.07) is 0. The Hall–Kier alpha value is -0.620. The number of likely N-dealkylation sites (N-methyl/N-ethyl adjacent to an activating group) is 1. The zero-order valence-electron chi connectivity index (χ0n) is 9.27. The van der Waals surface area contributed by atoms with Crippen LogP contribution in [0, 0.1) is 0 Å². The summed E-state index contributed by atoms with van der Waals surface area (Å²) in [5, 5.41) is 0. The van der Waals surface area contributed by atoms with Gasteiger partial charge in [0.2, 0.25) is 15.9 Å². The molecule has 0 aromatic heterocycles. The fraction of sp³-hybridized carbons (Fsp3) is 0.889. The fourth-order valence-corrected chi connectivity index (χ4v) is 2.32. The topological polar surface area (TPSA) is 57.7 Å². The van der Waals surface area contributed by atoms with Crippen molar-refractivity contribution in [2.75, 3.05) is 32.4 Å². The summed E-state index contributed by atoms with van der Waals surface area (Å²) >= 11 is 0. The molecular weight excluding hydrogens is 216 g/mol. The molecule has 0 atom stereocenters. The van der Waals surface area contributed by atoms with Crippen molar-refractivity contribution >= 4 is 15.9 Å². The van der Waals surface area contributed by atoms with Crippen LogP contribution < -0.4 is 0 Å². The number of sulfonamides is 1. The van der Waals surface area contributed by atoms with E-state index in [9.17, 15) is 13.2 Å². The zero-order chi connectivity index (χ0) is 11.5. The summed E-state index contributed by atoms with van der Waals surface area (Å²) in [6.07, 6.45) is 2.05. The van der Waals surface area contributed by atoms with E-state index < -0.39 is 10.0 Å². The van der Waals surface area contributed by atoms with E-state index in [1.807, 2.05) is 0 Å². The molecule has 0 saturated carbocycles. The van der Waals surface area contributed by atoms with E-state index in [1.165, 1.54) is 7.05 Å². The van der Waals surface area contributed by atoms with Crippen molar-refractivity contribution in [1.29, 1.82) is 0 Å². The maximum Gasteiger partial charge on any atom is 0.237 e. The maximum absolute atomic E-state index is 11.6. The molecule has 1 rings (SSSR count). The predicted molar refractivity (Wildman–Crippen MR) is 57.9 cm³/mol. The number of carbonyl (C=O) groups is 1. The van der Waals surface area contributed by atoms with Crippen LogP contribution in [0.1, 0.15) is 19.8 Å². The third kappa shape index (κ3) is 3.17. The van der Waals surface area contributed by atoms with E-state index in [2.05, 4.69) is 0 Å². The Morgan fingerprint density at radius 2 is 1.87 bits per heavy atom. The molecule has 0 bridgehead atoms. The Balaban J connectivity index is 2.51. The average molecular weight is 234 g/mol. The Morgan fingerprint density at radius 3 is 2.33 bits per heavy atom. The lowest BCUT2D eigenvalue weighted by atomic mass is 10.4. The van der Waals surface area contributed by atoms with Gasteiger partial charge in [0.1, 0.15) is 0 Å². The van der Waals surface area contributed by atoms with Crippen LogP contribution in [0.15, 0.2) is 0 Å². The number of hydrogen-bond acceptors (Lipinski definition) is 3. The van der Waals surface area contributed by atoms with Crippen molar-refractivity contribution < 1.29 is 13.2 Å². The van der Waals surface area contributed by atoms with Gasteiger partial charge in [-0.15, -0.1) is 0 Å². The number of nitrogens with zero attached hydrogens (tertiary/aromatic N) is 2. The van der Waals surface area contributed by atoms with Crippen molar-refractivity contribution in [3.63, 3.8) is 0 Å². The van der Waals surface area contributed by atoms with E-state index in [1.54, 1.807) is 11.8 Å². The van der Waals surface area contributed by atoms with Crippen molar-refractivity contribution in [2.24, 2.45) is 0 Å². The maximum atomic E-state index is 11.6. The minimum atomic E-state index is -3.24. The first-order valence-electron chi connectivity index (χ1n) is 5.19. The summed E-state index contributed by atoms with van der Waals surface area (Å²) in [5.41, 5.74) is 0. The molecular formula is C9H18N2O3S.